The van der Waals surface area contributed by atoms with Crippen LogP contribution in [0.25, 0.3) is 0 Å². The first-order valence-corrected chi connectivity index (χ1v) is 10.8. The summed E-state index contributed by atoms with van der Waals surface area (Å²) in [6.45, 7) is 6.78. The van der Waals surface area contributed by atoms with Crippen molar-refractivity contribution in [3.8, 4) is 0 Å². The Morgan fingerprint density at radius 3 is 2.39 bits per heavy atom. The maximum Gasteiger partial charge on any atom is 0.262 e. The van der Waals surface area contributed by atoms with E-state index in [2.05, 4.69) is 25.0 Å². The zero-order valence-electron chi connectivity index (χ0n) is 16.2. The van der Waals surface area contributed by atoms with Crippen molar-refractivity contribution < 1.29 is 13.2 Å². The number of aromatic nitrogens is 4. The Labute approximate surface area is 164 Å². The number of ether oxygens (including phenoxy) is 1. The topological polar surface area (TPSA) is 96.7 Å². The minimum absolute atomic E-state index is 0.107. The van der Waals surface area contributed by atoms with E-state index in [1.807, 2.05) is 6.07 Å². The Morgan fingerprint density at radius 2 is 1.75 bits per heavy atom. The highest BCUT2D eigenvalue weighted by molar-refractivity contribution is 7.89. The molecule has 0 radical (unpaired) electrons. The molecule has 4 rings (SSSR count). The zero-order chi connectivity index (χ0) is 19.7. The molecule has 2 aliphatic rings. The van der Waals surface area contributed by atoms with Crippen LogP contribution in [0.2, 0.25) is 0 Å². The number of imidazole rings is 1. The predicted octanol–water partition coefficient (Wildman–Crippen LogP) is -0.134. The highest BCUT2D eigenvalue weighted by Crippen LogP contribution is 2.23. The second-order valence-electron chi connectivity index (χ2n) is 7.00. The zero-order valence-corrected chi connectivity index (χ0v) is 17.0. The minimum atomic E-state index is -3.58. The van der Waals surface area contributed by atoms with E-state index >= 15 is 0 Å². The fraction of sp³-hybridized carbons (Fsp3) is 0.588. The lowest BCUT2D eigenvalue weighted by Crippen LogP contribution is -2.49. The van der Waals surface area contributed by atoms with E-state index < -0.39 is 10.0 Å². The van der Waals surface area contributed by atoms with Crippen LogP contribution in [-0.2, 0) is 21.8 Å². The summed E-state index contributed by atoms with van der Waals surface area (Å²) >= 11 is 0. The van der Waals surface area contributed by atoms with Crippen molar-refractivity contribution in [3.63, 3.8) is 0 Å². The molecule has 0 aliphatic carbocycles. The van der Waals surface area contributed by atoms with Gasteiger partial charge in [0.05, 0.1) is 25.1 Å². The van der Waals surface area contributed by atoms with Crippen LogP contribution < -0.4 is 9.80 Å². The maximum absolute atomic E-state index is 12.8. The molecule has 0 amide bonds. The van der Waals surface area contributed by atoms with E-state index in [0.29, 0.717) is 45.2 Å². The number of aryl methyl sites for hydroxylation is 2. The summed E-state index contributed by atoms with van der Waals surface area (Å²) in [5.74, 6) is 1.45. The van der Waals surface area contributed by atoms with E-state index in [1.165, 1.54) is 4.31 Å². The summed E-state index contributed by atoms with van der Waals surface area (Å²) in [5.41, 5.74) is 1.02. The van der Waals surface area contributed by atoms with Crippen molar-refractivity contribution in [1.29, 1.82) is 0 Å². The molecule has 2 saturated heterocycles. The molecule has 0 bridgehead atoms. The molecule has 0 aromatic carbocycles. The second kappa shape index (κ2) is 7.64. The van der Waals surface area contributed by atoms with Crippen LogP contribution in [0.1, 0.15) is 5.82 Å². The summed E-state index contributed by atoms with van der Waals surface area (Å²) < 4.78 is 34.3. The van der Waals surface area contributed by atoms with Gasteiger partial charge in [0.2, 0.25) is 0 Å². The number of sulfonamides is 1. The highest BCUT2D eigenvalue weighted by atomic mass is 32.2. The van der Waals surface area contributed by atoms with Crippen molar-refractivity contribution in [1.82, 2.24) is 24.1 Å². The van der Waals surface area contributed by atoms with Crippen molar-refractivity contribution >= 4 is 21.5 Å². The van der Waals surface area contributed by atoms with Crippen LogP contribution in [0, 0.1) is 6.92 Å². The number of morpholine rings is 1. The Hall–Kier alpha value is -2.24. The van der Waals surface area contributed by atoms with Gasteiger partial charge in [0, 0.05) is 58.6 Å². The molecule has 0 unspecified atom stereocenters. The Bertz CT molecular complexity index is 912. The van der Waals surface area contributed by atoms with Crippen LogP contribution in [0.3, 0.4) is 0 Å². The van der Waals surface area contributed by atoms with Gasteiger partial charge in [-0.3, -0.25) is 0 Å². The van der Waals surface area contributed by atoms with Crippen molar-refractivity contribution in [2.45, 2.75) is 11.9 Å². The monoisotopic (exact) mass is 407 g/mol. The van der Waals surface area contributed by atoms with Crippen LogP contribution in [0.5, 0.6) is 0 Å². The summed E-state index contributed by atoms with van der Waals surface area (Å²) in [7, 11) is -1.79. The van der Waals surface area contributed by atoms with E-state index in [1.54, 1.807) is 30.9 Å². The Morgan fingerprint density at radius 1 is 1.04 bits per heavy atom. The van der Waals surface area contributed by atoms with E-state index in [-0.39, 0.29) is 5.03 Å². The number of nitrogens with zero attached hydrogens (tertiary/aromatic N) is 7. The molecule has 2 aromatic rings. The molecule has 10 nitrogen and oxygen atoms in total. The van der Waals surface area contributed by atoms with Gasteiger partial charge < -0.3 is 19.1 Å². The molecule has 0 saturated carbocycles. The summed E-state index contributed by atoms with van der Waals surface area (Å²) in [6, 6.07) is 2.02. The molecule has 4 heterocycles. The van der Waals surface area contributed by atoms with Gasteiger partial charge in [-0.1, -0.05) is 0 Å². The minimum Gasteiger partial charge on any atom is -0.378 e. The number of piperazine rings is 1. The molecule has 11 heteroatoms. The van der Waals surface area contributed by atoms with Crippen LogP contribution >= 0.6 is 0 Å². The van der Waals surface area contributed by atoms with Gasteiger partial charge in [0.15, 0.2) is 10.8 Å². The third kappa shape index (κ3) is 3.69. The number of rotatable bonds is 4. The van der Waals surface area contributed by atoms with Gasteiger partial charge >= 0.3 is 0 Å². The molecule has 152 valence electrons. The average molecular weight is 408 g/mol. The Kier molecular flexibility index (Phi) is 5.21. The average Bonchev–Trinajstić information content (AvgIpc) is 3.08. The van der Waals surface area contributed by atoms with Gasteiger partial charge in [-0.15, -0.1) is 5.10 Å². The molecule has 0 spiro atoms. The van der Waals surface area contributed by atoms with Gasteiger partial charge in [-0.2, -0.15) is 9.40 Å². The fourth-order valence-corrected chi connectivity index (χ4v) is 4.88. The second-order valence-corrected chi connectivity index (χ2v) is 8.88. The van der Waals surface area contributed by atoms with Gasteiger partial charge in [0.1, 0.15) is 5.82 Å². The molecule has 28 heavy (non-hydrogen) atoms. The first kappa shape index (κ1) is 19.1. The van der Waals surface area contributed by atoms with Crippen molar-refractivity contribution in [2.75, 3.05) is 62.3 Å². The quantitative estimate of drug-likeness (QED) is 0.691. The number of hydrogen-bond donors (Lipinski definition) is 0. The van der Waals surface area contributed by atoms with E-state index in [4.69, 9.17) is 4.74 Å². The van der Waals surface area contributed by atoms with Crippen molar-refractivity contribution in [2.24, 2.45) is 7.05 Å². The number of hydrogen-bond acceptors (Lipinski definition) is 8. The van der Waals surface area contributed by atoms with Gasteiger partial charge in [0.25, 0.3) is 10.0 Å². The lowest BCUT2D eigenvalue weighted by Gasteiger charge is -2.34. The van der Waals surface area contributed by atoms with Crippen molar-refractivity contribution in [3.05, 3.63) is 24.3 Å². The molecule has 2 fully saturated rings. The predicted molar refractivity (Wildman–Crippen MR) is 104 cm³/mol. The van der Waals surface area contributed by atoms with E-state index in [9.17, 15) is 8.42 Å². The Balaban J connectivity index is 1.44. The maximum atomic E-state index is 12.8. The molecule has 0 atom stereocenters. The van der Waals surface area contributed by atoms with E-state index in [0.717, 1.165) is 24.6 Å². The van der Waals surface area contributed by atoms with Gasteiger partial charge in [-0.05, 0) is 6.92 Å². The molecular weight excluding hydrogens is 382 g/mol. The first-order valence-electron chi connectivity index (χ1n) is 9.35. The lowest BCUT2D eigenvalue weighted by molar-refractivity contribution is 0.122. The molecule has 0 N–H and O–H groups in total. The SMILES string of the molecule is Cc1nc(S(=O)(=O)N2CCN(c3cc(N4CCOCC4)cnn3)CC2)cn1C. The standard InChI is InChI=1S/C17H25N7O3S/c1-14-19-17(13-21(14)2)28(25,26)24-5-3-23(4-6-24)16-11-15(12-18-20-16)22-7-9-27-10-8-22/h11-13H,3-10H2,1-2H3. The van der Waals surface area contributed by atoms with Crippen LogP contribution in [0.4, 0.5) is 11.5 Å². The normalized spacial score (nSPS) is 19.2. The smallest absolute Gasteiger partial charge is 0.262 e. The highest BCUT2D eigenvalue weighted by Gasteiger charge is 2.31. The largest absolute Gasteiger partial charge is 0.378 e. The van der Waals surface area contributed by atoms with Gasteiger partial charge in [-0.25, -0.2) is 13.4 Å². The number of anilines is 2. The molecular formula is C17H25N7O3S. The summed E-state index contributed by atoms with van der Waals surface area (Å²) in [5, 5.41) is 8.50. The molecule has 2 aromatic heterocycles. The lowest BCUT2D eigenvalue weighted by atomic mass is 10.3. The molecule has 2 aliphatic heterocycles. The summed E-state index contributed by atoms with van der Waals surface area (Å²) in [6.07, 6.45) is 3.33. The van der Waals surface area contributed by atoms with Crippen LogP contribution in [-0.4, -0.2) is 85.0 Å². The summed E-state index contributed by atoms with van der Waals surface area (Å²) in [4.78, 5) is 8.48. The third-order valence-electron chi connectivity index (χ3n) is 5.26. The van der Waals surface area contributed by atoms with Crippen LogP contribution in [0.15, 0.2) is 23.5 Å². The first-order chi connectivity index (χ1) is 13.4. The fourth-order valence-electron chi connectivity index (χ4n) is 3.43. The third-order valence-corrected chi connectivity index (χ3v) is 7.03.